The summed E-state index contributed by atoms with van der Waals surface area (Å²) in [6.45, 7) is 13.1. The van der Waals surface area contributed by atoms with E-state index in [1.165, 1.54) is 19.4 Å². The molecule has 0 aliphatic carbocycles. The van der Waals surface area contributed by atoms with Crippen molar-refractivity contribution in [1.82, 2.24) is 4.90 Å². The van der Waals surface area contributed by atoms with Gasteiger partial charge in [-0.05, 0) is 39.3 Å². The van der Waals surface area contributed by atoms with E-state index in [1.807, 2.05) is 0 Å². The Balaban J connectivity index is 2.09. The SMILES string of the molecule is C=C(CC)COCOOC(C)[C@@H]1CCCN1CC. The van der Waals surface area contributed by atoms with Gasteiger partial charge < -0.3 is 4.74 Å². The minimum Gasteiger partial charge on any atom is -0.348 e. The second-order valence-corrected chi connectivity index (χ2v) is 4.83. The molecule has 1 rings (SSSR count). The number of likely N-dealkylation sites (N-methyl/N-ethyl adjacent to an activating group) is 1. The molecular weight excluding hydrogens is 230 g/mol. The van der Waals surface area contributed by atoms with Crippen molar-refractivity contribution in [3.05, 3.63) is 12.2 Å². The summed E-state index contributed by atoms with van der Waals surface area (Å²) in [5.74, 6) is 0. The summed E-state index contributed by atoms with van der Waals surface area (Å²) >= 11 is 0. The van der Waals surface area contributed by atoms with Crippen molar-refractivity contribution < 1.29 is 14.5 Å². The molecule has 18 heavy (non-hydrogen) atoms. The molecule has 1 unspecified atom stereocenters. The van der Waals surface area contributed by atoms with Gasteiger partial charge in [0.05, 0.1) is 6.61 Å². The minimum absolute atomic E-state index is 0.0884. The van der Waals surface area contributed by atoms with Crippen LogP contribution in [0.1, 0.15) is 40.0 Å². The summed E-state index contributed by atoms with van der Waals surface area (Å²) in [5, 5.41) is 0. The Kier molecular flexibility index (Phi) is 7.51. The van der Waals surface area contributed by atoms with Crippen molar-refractivity contribution in [2.75, 3.05) is 26.5 Å². The van der Waals surface area contributed by atoms with Gasteiger partial charge in [0, 0.05) is 6.04 Å². The molecule has 0 aromatic heterocycles. The third-order valence-corrected chi connectivity index (χ3v) is 3.52. The normalized spacial score (nSPS) is 22.3. The highest BCUT2D eigenvalue weighted by molar-refractivity contribution is 4.91. The highest BCUT2D eigenvalue weighted by Crippen LogP contribution is 2.21. The predicted molar refractivity (Wildman–Crippen MR) is 72.2 cm³/mol. The molecule has 0 spiro atoms. The van der Waals surface area contributed by atoms with Gasteiger partial charge in [-0.25, -0.2) is 9.78 Å². The van der Waals surface area contributed by atoms with Gasteiger partial charge in [0.1, 0.15) is 6.10 Å². The Morgan fingerprint density at radius 1 is 1.44 bits per heavy atom. The van der Waals surface area contributed by atoms with Crippen LogP contribution in [0.2, 0.25) is 0 Å². The van der Waals surface area contributed by atoms with E-state index in [4.69, 9.17) is 14.5 Å². The lowest BCUT2D eigenvalue weighted by atomic mass is 10.1. The Labute approximate surface area is 111 Å². The molecule has 1 aliphatic heterocycles. The third kappa shape index (κ3) is 5.06. The van der Waals surface area contributed by atoms with Gasteiger partial charge in [0.25, 0.3) is 0 Å². The first-order valence-corrected chi connectivity index (χ1v) is 6.95. The van der Waals surface area contributed by atoms with Crippen LogP contribution in [0.25, 0.3) is 0 Å². The first-order valence-electron chi connectivity index (χ1n) is 6.95. The molecule has 0 aromatic rings. The van der Waals surface area contributed by atoms with Crippen molar-refractivity contribution in [2.45, 2.75) is 52.2 Å². The predicted octanol–water partition coefficient (Wildman–Crippen LogP) is 2.75. The first kappa shape index (κ1) is 15.6. The second kappa shape index (κ2) is 8.64. The average molecular weight is 257 g/mol. The van der Waals surface area contributed by atoms with Crippen LogP contribution in [0.4, 0.5) is 0 Å². The van der Waals surface area contributed by atoms with E-state index < -0.39 is 0 Å². The van der Waals surface area contributed by atoms with E-state index in [9.17, 15) is 0 Å². The average Bonchev–Trinajstić information content (AvgIpc) is 2.86. The smallest absolute Gasteiger partial charge is 0.181 e. The minimum atomic E-state index is 0.0884. The van der Waals surface area contributed by atoms with E-state index in [0.29, 0.717) is 12.6 Å². The molecule has 106 valence electrons. The summed E-state index contributed by atoms with van der Waals surface area (Å²) in [6.07, 6.45) is 3.46. The molecule has 2 atom stereocenters. The summed E-state index contributed by atoms with van der Waals surface area (Å²) in [4.78, 5) is 12.9. The molecule has 4 nitrogen and oxygen atoms in total. The maximum absolute atomic E-state index is 5.38. The molecule has 4 heteroatoms. The van der Waals surface area contributed by atoms with Crippen LogP contribution in [0.5, 0.6) is 0 Å². The Morgan fingerprint density at radius 3 is 2.89 bits per heavy atom. The lowest BCUT2D eigenvalue weighted by Crippen LogP contribution is -2.38. The summed E-state index contributed by atoms with van der Waals surface area (Å²) < 4.78 is 5.29. The molecule has 0 aromatic carbocycles. The zero-order chi connectivity index (χ0) is 13.4. The van der Waals surface area contributed by atoms with Crippen LogP contribution in [-0.4, -0.2) is 43.5 Å². The fourth-order valence-electron chi connectivity index (χ4n) is 2.30. The van der Waals surface area contributed by atoms with E-state index in [-0.39, 0.29) is 12.9 Å². The van der Waals surface area contributed by atoms with E-state index in [2.05, 4.69) is 32.3 Å². The Hall–Kier alpha value is -0.420. The quantitative estimate of drug-likeness (QED) is 0.209. The molecule has 1 fully saturated rings. The van der Waals surface area contributed by atoms with Crippen LogP contribution in [-0.2, 0) is 14.5 Å². The van der Waals surface area contributed by atoms with E-state index >= 15 is 0 Å². The summed E-state index contributed by atoms with van der Waals surface area (Å²) in [7, 11) is 0. The van der Waals surface area contributed by atoms with Crippen LogP contribution >= 0.6 is 0 Å². The molecule has 1 aliphatic rings. The van der Waals surface area contributed by atoms with E-state index in [0.717, 1.165) is 18.5 Å². The van der Waals surface area contributed by atoms with Gasteiger partial charge in [0.15, 0.2) is 6.79 Å². The standard InChI is InChI=1S/C14H27NO3/c1-5-12(3)10-16-11-17-18-13(4)14-8-7-9-15(14)6-2/h13-14H,3,5-11H2,1-2,4H3/t13?,14-/m0/s1. The summed E-state index contributed by atoms with van der Waals surface area (Å²) in [5.41, 5.74) is 1.07. The maximum Gasteiger partial charge on any atom is 0.181 e. The van der Waals surface area contributed by atoms with Crippen molar-refractivity contribution in [1.29, 1.82) is 0 Å². The van der Waals surface area contributed by atoms with Crippen molar-refractivity contribution >= 4 is 0 Å². The largest absolute Gasteiger partial charge is 0.348 e. The molecule has 0 bridgehead atoms. The fourth-order valence-corrected chi connectivity index (χ4v) is 2.30. The van der Waals surface area contributed by atoms with Gasteiger partial charge in [-0.2, -0.15) is 0 Å². The monoisotopic (exact) mass is 257 g/mol. The third-order valence-electron chi connectivity index (χ3n) is 3.52. The van der Waals surface area contributed by atoms with Gasteiger partial charge >= 0.3 is 0 Å². The highest BCUT2D eigenvalue weighted by Gasteiger charge is 2.29. The zero-order valence-electron chi connectivity index (χ0n) is 12.0. The molecule has 0 N–H and O–H groups in total. The molecule has 1 heterocycles. The van der Waals surface area contributed by atoms with Gasteiger partial charge in [0.2, 0.25) is 0 Å². The van der Waals surface area contributed by atoms with Crippen molar-refractivity contribution in [2.24, 2.45) is 0 Å². The van der Waals surface area contributed by atoms with E-state index in [1.54, 1.807) is 0 Å². The Bertz CT molecular complexity index is 245. The highest BCUT2D eigenvalue weighted by atomic mass is 17.2. The van der Waals surface area contributed by atoms with Crippen molar-refractivity contribution in [3.8, 4) is 0 Å². The number of nitrogens with zero attached hydrogens (tertiary/aromatic N) is 1. The van der Waals surface area contributed by atoms with Crippen LogP contribution in [0, 0.1) is 0 Å². The first-order chi connectivity index (χ1) is 8.69. The number of hydrogen-bond acceptors (Lipinski definition) is 4. The zero-order valence-corrected chi connectivity index (χ0v) is 12.0. The molecule has 0 radical (unpaired) electrons. The van der Waals surface area contributed by atoms with Crippen LogP contribution < -0.4 is 0 Å². The van der Waals surface area contributed by atoms with Gasteiger partial charge in [-0.1, -0.05) is 26.0 Å². The molecule has 0 amide bonds. The van der Waals surface area contributed by atoms with Crippen LogP contribution in [0.3, 0.4) is 0 Å². The van der Waals surface area contributed by atoms with Gasteiger partial charge in [-0.3, -0.25) is 4.90 Å². The lowest BCUT2D eigenvalue weighted by Gasteiger charge is -2.27. The topological polar surface area (TPSA) is 30.9 Å². The number of ether oxygens (including phenoxy) is 1. The van der Waals surface area contributed by atoms with Crippen LogP contribution in [0.15, 0.2) is 12.2 Å². The van der Waals surface area contributed by atoms with Gasteiger partial charge in [-0.15, -0.1) is 0 Å². The summed E-state index contributed by atoms with van der Waals surface area (Å²) in [6, 6.07) is 0.473. The fraction of sp³-hybridized carbons (Fsp3) is 0.857. The molecule has 1 saturated heterocycles. The number of likely N-dealkylation sites (tertiary alicyclic amines) is 1. The number of rotatable bonds is 9. The van der Waals surface area contributed by atoms with Crippen molar-refractivity contribution in [3.63, 3.8) is 0 Å². The molecule has 0 saturated carbocycles. The Morgan fingerprint density at radius 2 is 2.22 bits per heavy atom. The number of hydrogen-bond donors (Lipinski definition) is 0. The second-order valence-electron chi connectivity index (χ2n) is 4.83. The molecular formula is C14H27NO3. The lowest BCUT2D eigenvalue weighted by molar-refractivity contribution is -0.362. The maximum atomic E-state index is 5.38.